The van der Waals surface area contributed by atoms with E-state index in [1.807, 2.05) is 13.0 Å². The van der Waals surface area contributed by atoms with Crippen LogP contribution in [0.25, 0.3) is 0 Å². The maximum absolute atomic E-state index is 13.0. The van der Waals surface area contributed by atoms with Gasteiger partial charge in [0, 0.05) is 10.2 Å². The standard InChI is InChI=1S/C18H18BrFN2O4S/c1-11-9-13(19)3-8-16(11)22-17(23)10-21-18(24)12(2)27(25,26)15-6-4-14(20)5-7-15/h3-9,12H,10H2,1-2H3,(H,21,24)(H,22,23). The van der Waals surface area contributed by atoms with Crippen molar-refractivity contribution in [2.75, 3.05) is 11.9 Å². The Bertz CT molecular complexity index is 962. The number of aryl methyl sites for hydroxylation is 1. The van der Waals surface area contributed by atoms with E-state index in [4.69, 9.17) is 0 Å². The van der Waals surface area contributed by atoms with Crippen molar-refractivity contribution >= 4 is 43.3 Å². The smallest absolute Gasteiger partial charge is 0.243 e. The molecule has 2 rings (SSSR count). The number of hydrogen-bond donors (Lipinski definition) is 2. The molecule has 0 saturated heterocycles. The molecule has 0 aliphatic rings. The highest BCUT2D eigenvalue weighted by Crippen LogP contribution is 2.20. The van der Waals surface area contributed by atoms with Gasteiger partial charge in [-0.05, 0) is 61.9 Å². The minimum Gasteiger partial charge on any atom is -0.346 e. The molecule has 0 heterocycles. The molecule has 0 aromatic heterocycles. The highest BCUT2D eigenvalue weighted by molar-refractivity contribution is 9.10. The van der Waals surface area contributed by atoms with E-state index in [2.05, 4.69) is 26.6 Å². The van der Waals surface area contributed by atoms with Gasteiger partial charge in [-0.1, -0.05) is 15.9 Å². The van der Waals surface area contributed by atoms with Crippen LogP contribution in [0.3, 0.4) is 0 Å². The molecule has 0 radical (unpaired) electrons. The number of rotatable bonds is 6. The maximum Gasteiger partial charge on any atom is 0.243 e. The highest BCUT2D eigenvalue weighted by atomic mass is 79.9. The Hall–Kier alpha value is -2.26. The van der Waals surface area contributed by atoms with Crippen LogP contribution in [0.4, 0.5) is 10.1 Å². The van der Waals surface area contributed by atoms with Gasteiger partial charge in [0.1, 0.15) is 11.1 Å². The predicted octanol–water partition coefficient (Wildman–Crippen LogP) is 2.81. The molecule has 6 nitrogen and oxygen atoms in total. The number of hydrogen-bond acceptors (Lipinski definition) is 4. The second-order valence-electron chi connectivity index (χ2n) is 5.87. The summed E-state index contributed by atoms with van der Waals surface area (Å²) < 4.78 is 38.6. The van der Waals surface area contributed by atoms with Crippen molar-refractivity contribution in [1.82, 2.24) is 5.32 Å². The van der Waals surface area contributed by atoms with E-state index in [0.717, 1.165) is 34.3 Å². The summed E-state index contributed by atoms with van der Waals surface area (Å²) in [5.41, 5.74) is 1.42. The Morgan fingerprint density at radius 1 is 1.15 bits per heavy atom. The van der Waals surface area contributed by atoms with Crippen LogP contribution in [0.1, 0.15) is 12.5 Å². The van der Waals surface area contributed by atoms with Crippen molar-refractivity contribution in [3.8, 4) is 0 Å². The van der Waals surface area contributed by atoms with E-state index < -0.39 is 32.7 Å². The molecule has 9 heteroatoms. The van der Waals surface area contributed by atoms with E-state index in [1.54, 1.807) is 12.1 Å². The van der Waals surface area contributed by atoms with E-state index in [9.17, 15) is 22.4 Å². The molecule has 144 valence electrons. The van der Waals surface area contributed by atoms with Crippen molar-refractivity contribution in [2.24, 2.45) is 0 Å². The summed E-state index contributed by atoms with van der Waals surface area (Å²) in [6.07, 6.45) is 0. The lowest BCUT2D eigenvalue weighted by Gasteiger charge is -2.14. The van der Waals surface area contributed by atoms with Crippen LogP contribution >= 0.6 is 15.9 Å². The number of anilines is 1. The Morgan fingerprint density at radius 3 is 2.37 bits per heavy atom. The maximum atomic E-state index is 13.0. The Morgan fingerprint density at radius 2 is 1.78 bits per heavy atom. The highest BCUT2D eigenvalue weighted by Gasteiger charge is 2.29. The first-order valence-electron chi connectivity index (χ1n) is 7.94. The molecule has 0 fully saturated rings. The van der Waals surface area contributed by atoms with Gasteiger partial charge in [0.15, 0.2) is 9.84 Å². The molecule has 0 spiro atoms. The fraction of sp³-hybridized carbons (Fsp3) is 0.222. The lowest BCUT2D eigenvalue weighted by molar-refractivity contribution is -0.123. The Balaban J connectivity index is 1.97. The van der Waals surface area contributed by atoms with Crippen LogP contribution in [0.2, 0.25) is 0 Å². The van der Waals surface area contributed by atoms with Gasteiger partial charge in [-0.3, -0.25) is 9.59 Å². The van der Waals surface area contributed by atoms with Crippen molar-refractivity contribution in [3.05, 3.63) is 58.3 Å². The third kappa shape index (κ3) is 5.36. The van der Waals surface area contributed by atoms with Crippen LogP contribution in [-0.4, -0.2) is 32.0 Å². The monoisotopic (exact) mass is 456 g/mol. The van der Waals surface area contributed by atoms with Gasteiger partial charge in [-0.25, -0.2) is 12.8 Å². The van der Waals surface area contributed by atoms with Crippen LogP contribution in [0, 0.1) is 12.7 Å². The molecular weight excluding hydrogens is 439 g/mol. The fourth-order valence-corrected chi connectivity index (χ4v) is 4.01. The molecule has 1 atom stereocenters. The largest absolute Gasteiger partial charge is 0.346 e. The summed E-state index contributed by atoms with van der Waals surface area (Å²) in [5.74, 6) is -1.88. The molecule has 0 saturated carbocycles. The third-order valence-electron chi connectivity index (χ3n) is 3.86. The van der Waals surface area contributed by atoms with Gasteiger partial charge in [-0.2, -0.15) is 0 Å². The van der Waals surface area contributed by atoms with Crippen molar-refractivity contribution in [2.45, 2.75) is 24.0 Å². The van der Waals surface area contributed by atoms with E-state index in [1.165, 1.54) is 6.92 Å². The van der Waals surface area contributed by atoms with Gasteiger partial charge in [0.25, 0.3) is 0 Å². The van der Waals surface area contributed by atoms with Gasteiger partial charge in [0.2, 0.25) is 11.8 Å². The third-order valence-corrected chi connectivity index (χ3v) is 6.43. The first-order valence-corrected chi connectivity index (χ1v) is 10.3. The topological polar surface area (TPSA) is 92.3 Å². The van der Waals surface area contributed by atoms with E-state index in [-0.39, 0.29) is 11.4 Å². The summed E-state index contributed by atoms with van der Waals surface area (Å²) >= 11 is 3.32. The number of sulfone groups is 1. The lowest BCUT2D eigenvalue weighted by atomic mass is 10.2. The van der Waals surface area contributed by atoms with Gasteiger partial charge < -0.3 is 10.6 Å². The zero-order valence-corrected chi connectivity index (χ0v) is 17.0. The van der Waals surface area contributed by atoms with E-state index >= 15 is 0 Å². The molecule has 2 aromatic rings. The second kappa shape index (κ2) is 8.62. The molecule has 2 aromatic carbocycles. The van der Waals surface area contributed by atoms with Crippen LogP contribution < -0.4 is 10.6 Å². The van der Waals surface area contributed by atoms with Gasteiger partial charge >= 0.3 is 0 Å². The molecule has 2 amide bonds. The normalized spacial score (nSPS) is 12.3. The zero-order valence-electron chi connectivity index (χ0n) is 14.6. The Labute approximate surface area is 165 Å². The second-order valence-corrected chi connectivity index (χ2v) is 9.05. The molecular formula is C18H18BrFN2O4S. The number of halogens is 2. The summed E-state index contributed by atoms with van der Waals surface area (Å²) in [6, 6.07) is 9.50. The minimum atomic E-state index is -3.99. The molecule has 27 heavy (non-hydrogen) atoms. The van der Waals surface area contributed by atoms with Crippen molar-refractivity contribution in [1.29, 1.82) is 0 Å². The zero-order chi connectivity index (χ0) is 20.2. The SMILES string of the molecule is Cc1cc(Br)ccc1NC(=O)CNC(=O)C(C)S(=O)(=O)c1ccc(F)cc1. The molecule has 2 N–H and O–H groups in total. The summed E-state index contributed by atoms with van der Waals surface area (Å²) in [5, 5.41) is 3.52. The van der Waals surface area contributed by atoms with Crippen molar-refractivity contribution < 1.29 is 22.4 Å². The summed E-state index contributed by atoms with van der Waals surface area (Å²) in [7, 11) is -3.99. The average molecular weight is 457 g/mol. The van der Waals surface area contributed by atoms with Gasteiger partial charge in [-0.15, -0.1) is 0 Å². The van der Waals surface area contributed by atoms with Gasteiger partial charge in [0.05, 0.1) is 11.4 Å². The van der Waals surface area contributed by atoms with E-state index in [0.29, 0.717) is 5.69 Å². The van der Waals surface area contributed by atoms with Crippen LogP contribution in [0.15, 0.2) is 51.8 Å². The fourth-order valence-electron chi connectivity index (χ4n) is 2.24. The number of nitrogens with one attached hydrogen (secondary N) is 2. The Kier molecular flexibility index (Phi) is 6.72. The minimum absolute atomic E-state index is 0.165. The quantitative estimate of drug-likeness (QED) is 0.653. The predicted molar refractivity (Wildman–Crippen MR) is 104 cm³/mol. The number of benzene rings is 2. The first-order chi connectivity index (χ1) is 12.6. The lowest BCUT2D eigenvalue weighted by Crippen LogP contribution is -2.41. The number of amides is 2. The average Bonchev–Trinajstić information content (AvgIpc) is 2.61. The van der Waals surface area contributed by atoms with Crippen LogP contribution in [-0.2, 0) is 19.4 Å². The molecule has 1 unspecified atom stereocenters. The van der Waals surface area contributed by atoms with Crippen molar-refractivity contribution in [3.63, 3.8) is 0 Å². The molecule has 0 bridgehead atoms. The van der Waals surface area contributed by atoms with Crippen LogP contribution in [0.5, 0.6) is 0 Å². The number of carbonyl (C=O) groups excluding carboxylic acids is 2. The molecule has 0 aliphatic carbocycles. The number of carbonyl (C=O) groups is 2. The summed E-state index contributed by atoms with van der Waals surface area (Å²) in [4.78, 5) is 24.0. The first kappa shape index (κ1) is 21.0. The summed E-state index contributed by atoms with van der Waals surface area (Å²) in [6.45, 7) is 2.65. The molecule has 0 aliphatic heterocycles.